The molecule has 4 nitrogen and oxygen atoms in total. The zero-order valence-corrected chi connectivity index (χ0v) is 12.7. The van der Waals surface area contributed by atoms with Gasteiger partial charge in [-0.3, -0.25) is 0 Å². The van der Waals surface area contributed by atoms with Gasteiger partial charge in [0.25, 0.3) is 0 Å². The minimum absolute atomic E-state index is 0.394. The van der Waals surface area contributed by atoms with Crippen LogP contribution in [-0.4, -0.2) is 50.2 Å². The fourth-order valence-corrected chi connectivity index (χ4v) is 3.48. The Morgan fingerprint density at radius 1 is 1.28 bits per heavy atom. The van der Waals surface area contributed by atoms with Gasteiger partial charge in [0.05, 0.1) is 5.69 Å². The molecule has 1 saturated heterocycles. The summed E-state index contributed by atoms with van der Waals surface area (Å²) in [5.41, 5.74) is 1.18. The molecule has 1 aromatic rings. The van der Waals surface area contributed by atoms with Crippen LogP contribution in [0.5, 0.6) is 0 Å². The summed E-state index contributed by atoms with van der Waals surface area (Å²) in [5, 5.41) is 4.50. The lowest BCUT2D eigenvalue weighted by atomic mass is 10.2. The van der Waals surface area contributed by atoms with E-state index in [-0.39, 0.29) is 0 Å². The van der Waals surface area contributed by atoms with Gasteiger partial charge in [-0.2, -0.15) is 0 Å². The van der Waals surface area contributed by atoms with Gasteiger partial charge in [-0.25, -0.2) is 4.98 Å². The number of aromatic nitrogens is 1. The minimum Gasteiger partial charge on any atom is -0.347 e. The van der Waals surface area contributed by atoms with Gasteiger partial charge in [0.2, 0.25) is 0 Å². The standard InChI is InChI=1S/C13H24N4S/c1-10(14-3)12-11(2)15-13(18-12)17-7-5-6-16(4)8-9-17/h10,14H,5-9H2,1-4H3. The number of aryl methyl sites for hydroxylation is 1. The van der Waals surface area contributed by atoms with Crippen LogP contribution in [0.2, 0.25) is 0 Å². The maximum Gasteiger partial charge on any atom is 0.185 e. The van der Waals surface area contributed by atoms with Crippen molar-refractivity contribution in [3.05, 3.63) is 10.6 Å². The molecule has 1 aliphatic rings. The Morgan fingerprint density at radius 2 is 2.06 bits per heavy atom. The number of anilines is 1. The summed E-state index contributed by atoms with van der Waals surface area (Å²) in [6.45, 7) is 8.87. The summed E-state index contributed by atoms with van der Waals surface area (Å²) in [4.78, 5) is 11.0. The van der Waals surface area contributed by atoms with E-state index in [0.29, 0.717) is 6.04 Å². The predicted molar refractivity (Wildman–Crippen MR) is 78.7 cm³/mol. The van der Waals surface area contributed by atoms with Crippen molar-refractivity contribution in [1.29, 1.82) is 0 Å². The van der Waals surface area contributed by atoms with E-state index in [9.17, 15) is 0 Å². The average molecular weight is 268 g/mol. The maximum absolute atomic E-state index is 4.76. The fraction of sp³-hybridized carbons (Fsp3) is 0.769. The molecule has 2 heterocycles. The number of rotatable bonds is 3. The lowest BCUT2D eigenvalue weighted by molar-refractivity contribution is 0.360. The third-order valence-corrected chi connectivity index (χ3v) is 5.04. The van der Waals surface area contributed by atoms with Crippen molar-refractivity contribution < 1.29 is 0 Å². The zero-order chi connectivity index (χ0) is 13.1. The molecular formula is C13H24N4S. The van der Waals surface area contributed by atoms with Crippen molar-refractivity contribution in [2.45, 2.75) is 26.3 Å². The van der Waals surface area contributed by atoms with Gasteiger partial charge in [-0.15, -0.1) is 11.3 Å². The SMILES string of the molecule is CNC(C)c1sc(N2CCCN(C)CC2)nc1C. The molecule has 0 spiro atoms. The van der Waals surface area contributed by atoms with Crippen molar-refractivity contribution in [2.75, 3.05) is 45.2 Å². The van der Waals surface area contributed by atoms with Gasteiger partial charge in [0, 0.05) is 30.6 Å². The second-order valence-corrected chi connectivity index (χ2v) is 6.11. The predicted octanol–water partition coefficient (Wildman–Crippen LogP) is 1.87. The molecule has 1 N–H and O–H groups in total. The minimum atomic E-state index is 0.394. The van der Waals surface area contributed by atoms with Crippen molar-refractivity contribution in [1.82, 2.24) is 15.2 Å². The molecule has 0 aromatic carbocycles. The smallest absolute Gasteiger partial charge is 0.185 e. The van der Waals surface area contributed by atoms with E-state index in [1.807, 2.05) is 18.4 Å². The molecule has 18 heavy (non-hydrogen) atoms. The lowest BCUT2D eigenvalue weighted by Gasteiger charge is -2.19. The number of nitrogens with one attached hydrogen (secondary N) is 1. The number of hydrogen-bond donors (Lipinski definition) is 1. The van der Waals surface area contributed by atoms with Crippen molar-refractivity contribution in [3.63, 3.8) is 0 Å². The Balaban J connectivity index is 2.13. The Kier molecular flexibility index (Phi) is 4.59. The van der Waals surface area contributed by atoms with Crippen molar-refractivity contribution in [3.8, 4) is 0 Å². The molecule has 0 amide bonds. The second kappa shape index (κ2) is 5.99. The van der Waals surface area contributed by atoms with Crippen molar-refractivity contribution in [2.24, 2.45) is 0 Å². The Hall–Kier alpha value is -0.650. The first-order chi connectivity index (χ1) is 8.61. The van der Waals surface area contributed by atoms with Gasteiger partial charge >= 0.3 is 0 Å². The van der Waals surface area contributed by atoms with Crippen LogP contribution < -0.4 is 10.2 Å². The molecule has 1 unspecified atom stereocenters. The topological polar surface area (TPSA) is 31.4 Å². The van der Waals surface area contributed by atoms with E-state index in [1.165, 1.54) is 28.7 Å². The molecule has 1 atom stereocenters. The highest BCUT2D eigenvalue weighted by Crippen LogP contribution is 2.30. The van der Waals surface area contributed by atoms with E-state index in [4.69, 9.17) is 4.98 Å². The second-order valence-electron chi connectivity index (χ2n) is 5.10. The van der Waals surface area contributed by atoms with E-state index in [2.05, 4.69) is 36.0 Å². The fourth-order valence-electron chi connectivity index (χ4n) is 2.30. The lowest BCUT2D eigenvalue weighted by Crippen LogP contribution is -2.28. The number of likely N-dealkylation sites (N-methyl/N-ethyl adjacent to an activating group) is 1. The van der Waals surface area contributed by atoms with Gasteiger partial charge < -0.3 is 15.1 Å². The highest BCUT2D eigenvalue weighted by molar-refractivity contribution is 7.15. The quantitative estimate of drug-likeness (QED) is 0.907. The number of nitrogens with zero attached hydrogens (tertiary/aromatic N) is 3. The summed E-state index contributed by atoms with van der Waals surface area (Å²) < 4.78 is 0. The van der Waals surface area contributed by atoms with Crippen LogP contribution in [0.15, 0.2) is 0 Å². The monoisotopic (exact) mass is 268 g/mol. The van der Waals surface area contributed by atoms with E-state index < -0.39 is 0 Å². The number of hydrogen-bond acceptors (Lipinski definition) is 5. The molecule has 1 aliphatic heterocycles. The molecule has 2 rings (SSSR count). The average Bonchev–Trinajstić information content (AvgIpc) is 2.60. The number of thiazole rings is 1. The van der Waals surface area contributed by atoms with Gasteiger partial charge in [0.15, 0.2) is 5.13 Å². The van der Waals surface area contributed by atoms with Crippen LogP contribution >= 0.6 is 11.3 Å². The first-order valence-corrected chi connectivity index (χ1v) is 7.51. The summed E-state index contributed by atoms with van der Waals surface area (Å²) in [6.07, 6.45) is 1.23. The molecule has 102 valence electrons. The van der Waals surface area contributed by atoms with E-state index >= 15 is 0 Å². The van der Waals surface area contributed by atoms with Crippen LogP contribution in [0.1, 0.15) is 30.0 Å². The summed E-state index contributed by atoms with van der Waals surface area (Å²) in [5.74, 6) is 0. The molecule has 1 fully saturated rings. The summed E-state index contributed by atoms with van der Waals surface area (Å²) in [6, 6.07) is 0.394. The van der Waals surface area contributed by atoms with Gasteiger partial charge in [-0.1, -0.05) is 0 Å². The molecule has 1 aromatic heterocycles. The molecule has 0 aliphatic carbocycles. The summed E-state index contributed by atoms with van der Waals surface area (Å²) >= 11 is 1.84. The van der Waals surface area contributed by atoms with Crippen molar-refractivity contribution >= 4 is 16.5 Å². The third kappa shape index (κ3) is 3.02. The van der Waals surface area contributed by atoms with E-state index in [1.54, 1.807) is 0 Å². The maximum atomic E-state index is 4.76. The van der Waals surface area contributed by atoms with Crippen LogP contribution in [0.3, 0.4) is 0 Å². The largest absolute Gasteiger partial charge is 0.347 e. The van der Waals surface area contributed by atoms with E-state index in [0.717, 1.165) is 19.6 Å². The summed E-state index contributed by atoms with van der Waals surface area (Å²) in [7, 11) is 4.20. The zero-order valence-electron chi connectivity index (χ0n) is 11.9. The van der Waals surface area contributed by atoms with Crippen LogP contribution in [0.4, 0.5) is 5.13 Å². The van der Waals surface area contributed by atoms with Gasteiger partial charge in [0.1, 0.15) is 0 Å². The van der Waals surface area contributed by atoms with Crippen LogP contribution in [0, 0.1) is 6.92 Å². The first kappa shape index (κ1) is 13.8. The molecule has 5 heteroatoms. The first-order valence-electron chi connectivity index (χ1n) is 6.70. The normalized spacial score (nSPS) is 19.9. The molecule has 0 radical (unpaired) electrons. The Bertz CT molecular complexity index is 390. The van der Waals surface area contributed by atoms with Gasteiger partial charge in [-0.05, 0) is 40.9 Å². The molecule has 0 bridgehead atoms. The molecule has 0 saturated carbocycles. The van der Waals surface area contributed by atoms with Crippen LogP contribution in [0.25, 0.3) is 0 Å². The highest BCUT2D eigenvalue weighted by atomic mass is 32.1. The Morgan fingerprint density at radius 3 is 2.78 bits per heavy atom. The molecular weight excluding hydrogens is 244 g/mol. The third-order valence-electron chi connectivity index (χ3n) is 3.64. The highest BCUT2D eigenvalue weighted by Gasteiger charge is 2.19. The van der Waals surface area contributed by atoms with Crippen LogP contribution in [-0.2, 0) is 0 Å². The Labute approximate surface area is 114 Å².